The Morgan fingerprint density at radius 3 is 2.05 bits per heavy atom. The lowest BCUT2D eigenvalue weighted by molar-refractivity contribution is 0.712. The van der Waals surface area contributed by atoms with Gasteiger partial charge in [0, 0.05) is 38.6 Å². The Morgan fingerprint density at radius 2 is 1.21 bits per heavy atom. The molecule has 1 atom stereocenters. The summed E-state index contributed by atoms with van der Waals surface area (Å²) in [6.07, 6.45) is 7.38. The normalized spacial score (nSPS) is 15.3. The first-order valence-corrected chi connectivity index (χ1v) is 20.8. The van der Waals surface area contributed by atoms with Crippen molar-refractivity contribution in [3.8, 4) is 45.0 Å². The van der Waals surface area contributed by atoms with Gasteiger partial charge in [0.15, 0.2) is 5.82 Å². The van der Waals surface area contributed by atoms with E-state index in [1.54, 1.807) is 0 Å². The minimum Gasteiger partial charge on any atom is -0.260 e. The monoisotopic (exact) mass is 757 g/mol. The van der Waals surface area contributed by atoms with E-state index in [2.05, 4.69) is 176 Å². The summed E-state index contributed by atoms with van der Waals surface area (Å²) in [6, 6.07) is 64.1. The molecule has 3 aliphatic rings. The second-order valence-corrected chi connectivity index (χ2v) is 16.5. The predicted octanol–water partition coefficient (Wildman–Crippen LogP) is 13.4. The Hall–Kier alpha value is -6.88. The van der Waals surface area contributed by atoms with Crippen LogP contribution < -0.4 is 0 Å². The second-order valence-electron chi connectivity index (χ2n) is 15.4. The average Bonchev–Trinajstić information content (AvgIpc) is 3.59. The van der Waals surface area contributed by atoms with Crippen molar-refractivity contribution < 1.29 is 0 Å². The van der Waals surface area contributed by atoms with E-state index in [1.807, 2.05) is 30.1 Å². The summed E-state index contributed by atoms with van der Waals surface area (Å²) < 4.78 is 0. The second kappa shape index (κ2) is 13.1. The molecule has 272 valence electrons. The average molecular weight is 758 g/mol. The molecule has 1 unspecified atom stereocenters. The van der Waals surface area contributed by atoms with Crippen LogP contribution in [0.5, 0.6) is 0 Å². The smallest absolute Gasteiger partial charge is 0.160 e. The van der Waals surface area contributed by atoms with Gasteiger partial charge in [0.2, 0.25) is 0 Å². The lowest BCUT2D eigenvalue weighted by Gasteiger charge is -2.40. The molecule has 0 bridgehead atoms. The summed E-state index contributed by atoms with van der Waals surface area (Å²) in [4.78, 5) is 18.1. The molecule has 0 radical (unpaired) electrons. The molecule has 0 saturated carbocycles. The highest BCUT2D eigenvalue weighted by molar-refractivity contribution is 7.99. The Bertz CT molecular complexity index is 3100. The number of nitrogens with zero attached hydrogens (tertiary/aromatic N) is 3. The molecular formula is C54H35N3S. The zero-order valence-electron chi connectivity index (χ0n) is 31.5. The van der Waals surface area contributed by atoms with Gasteiger partial charge >= 0.3 is 0 Å². The number of benzene rings is 7. The third kappa shape index (κ3) is 4.98. The largest absolute Gasteiger partial charge is 0.260 e. The molecule has 0 N–H and O–H groups in total. The maximum atomic E-state index is 5.34. The van der Waals surface area contributed by atoms with E-state index in [9.17, 15) is 0 Å². The van der Waals surface area contributed by atoms with Crippen molar-refractivity contribution in [2.24, 2.45) is 0 Å². The van der Waals surface area contributed by atoms with Crippen LogP contribution in [0.15, 0.2) is 198 Å². The van der Waals surface area contributed by atoms with E-state index in [-0.39, 0.29) is 5.92 Å². The first-order chi connectivity index (χ1) is 28.7. The van der Waals surface area contributed by atoms with Crippen molar-refractivity contribution in [3.63, 3.8) is 0 Å². The maximum Gasteiger partial charge on any atom is 0.160 e. The lowest BCUT2D eigenvalue weighted by atomic mass is 9.66. The topological polar surface area (TPSA) is 38.7 Å². The van der Waals surface area contributed by atoms with Gasteiger partial charge in [-0.2, -0.15) is 0 Å². The molecule has 7 aromatic carbocycles. The van der Waals surface area contributed by atoms with Crippen molar-refractivity contribution >= 4 is 28.6 Å². The van der Waals surface area contributed by atoms with E-state index in [4.69, 9.17) is 15.0 Å². The number of rotatable bonds is 4. The molecule has 9 aromatic rings. The van der Waals surface area contributed by atoms with Gasteiger partial charge in [-0.1, -0.05) is 170 Å². The van der Waals surface area contributed by atoms with E-state index in [1.165, 1.54) is 65.1 Å². The molecule has 12 rings (SSSR count). The number of aromatic nitrogens is 3. The van der Waals surface area contributed by atoms with Crippen LogP contribution in [-0.4, -0.2) is 15.0 Å². The molecule has 3 nitrogen and oxygen atoms in total. The Labute approximate surface area is 341 Å². The Morgan fingerprint density at radius 1 is 0.517 bits per heavy atom. The Kier molecular flexibility index (Phi) is 7.51. The molecule has 58 heavy (non-hydrogen) atoms. The molecule has 4 heteroatoms. The zero-order valence-corrected chi connectivity index (χ0v) is 32.3. The minimum absolute atomic E-state index is 0.179. The summed E-state index contributed by atoms with van der Waals surface area (Å²) in [5, 5.41) is 2.36. The zero-order chi connectivity index (χ0) is 38.2. The Balaban J connectivity index is 1.11. The first kappa shape index (κ1) is 33.3. The molecular weight excluding hydrogens is 723 g/mol. The summed E-state index contributed by atoms with van der Waals surface area (Å²) in [5.41, 5.74) is 15.9. The molecule has 2 aliphatic carbocycles. The fraction of sp³-hybridized carbons (Fsp3) is 0.0556. The first-order valence-electron chi connectivity index (χ1n) is 19.9. The SMILES string of the molecule is C1=Cc2cccnc2C(c2ccc3c(c2)C2(c4cc(-c5cc(-c6cccc7ccccc67)nc(-c6ccccc6)n5)ccc4S3)c3ccccc3-c3ccccc32)C1. The number of hydrogen-bond donors (Lipinski definition) is 0. The highest BCUT2D eigenvalue weighted by Gasteiger charge is 2.50. The van der Waals surface area contributed by atoms with Crippen LogP contribution in [0.3, 0.4) is 0 Å². The third-order valence-electron chi connectivity index (χ3n) is 12.4. The molecule has 1 aliphatic heterocycles. The lowest BCUT2D eigenvalue weighted by Crippen LogP contribution is -2.32. The van der Waals surface area contributed by atoms with Gasteiger partial charge in [0.05, 0.1) is 22.5 Å². The van der Waals surface area contributed by atoms with Gasteiger partial charge in [0.25, 0.3) is 0 Å². The van der Waals surface area contributed by atoms with Crippen molar-refractivity contribution in [2.45, 2.75) is 27.5 Å². The number of allylic oxidation sites excluding steroid dienone is 1. The quantitative estimate of drug-likeness (QED) is 0.179. The van der Waals surface area contributed by atoms with E-state index >= 15 is 0 Å². The van der Waals surface area contributed by atoms with Crippen LogP contribution in [-0.2, 0) is 5.41 Å². The van der Waals surface area contributed by atoms with Crippen LogP contribution in [0.25, 0.3) is 61.9 Å². The van der Waals surface area contributed by atoms with Crippen molar-refractivity contribution in [1.29, 1.82) is 0 Å². The number of pyridine rings is 1. The fourth-order valence-corrected chi connectivity index (χ4v) is 10.9. The van der Waals surface area contributed by atoms with Crippen LogP contribution in [0, 0.1) is 0 Å². The van der Waals surface area contributed by atoms with Gasteiger partial charge in [0.1, 0.15) is 0 Å². The highest BCUT2D eigenvalue weighted by atomic mass is 32.2. The summed E-state index contributed by atoms with van der Waals surface area (Å²) in [5.74, 6) is 0.892. The highest BCUT2D eigenvalue weighted by Crippen LogP contribution is 2.63. The molecule has 3 heterocycles. The van der Waals surface area contributed by atoms with Crippen LogP contribution in [0.1, 0.15) is 51.4 Å². The molecule has 0 fully saturated rings. The maximum absolute atomic E-state index is 5.34. The van der Waals surface area contributed by atoms with Gasteiger partial charge in [-0.05, 0) is 92.0 Å². The van der Waals surface area contributed by atoms with Gasteiger partial charge in [-0.3, -0.25) is 4.98 Å². The third-order valence-corrected chi connectivity index (χ3v) is 13.5. The molecule has 0 amide bonds. The van der Waals surface area contributed by atoms with Crippen molar-refractivity contribution in [1.82, 2.24) is 15.0 Å². The van der Waals surface area contributed by atoms with Gasteiger partial charge in [-0.15, -0.1) is 0 Å². The minimum atomic E-state index is -0.541. The summed E-state index contributed by atoms with van der Waals surface area (Å²) in [7, 11) is 0. The van der Waals surface area contributed by atoms with Crippen LogP contribution in [0.4, 0.5) is 0 Å². The molecule has 0 saturated heterocycles. The van der Waals surface area contributed by atoms with E-state index in [0.717, 1.165) is 40.2 Å². The van der Waals surface area contributed by atoms with Gasteiger partial charge < -0.3 is 0 Å². The summed E-state index contributed by atoms with van der Waals surface area (Å²) >= 11 is 1.88. The molecule has 1 spiro atoms. The predicted molar refractivity (Wildman–Crippen MR) is 237 cm³/mol. The molecule has 2 aromatic heterocycles. The van der Waals surface area contributed by atoms with E-state index < -0.39 is 5.41 Å². The van der Waals surface area contributed by atoms with Gasteiger partial charge in [-0.25, -0.2) is 9.97 Å². The standard InChI is InChI=1S/C54H35N3S/c1-2-14-36(15-3-1)53-56-48(33-49(57-53)43-23-10-16-34-13-4-5-19-39(34)43)38-27-29-51-47(32-38)54(44-24-8-6-20-41(44)42-21-7-9-25-45(42)54)46-31-37(26-28-50(46)58-51)40-22-11-17-35-18-12-30-55-52(35)40/h1-21,23-33,40H,22H2. The number of hydrogen-bond acceptors (Lipinski definition) is 4. The van der Waals surface area contributed by atoms with Crippen molar-refractivity contribution in [2.75, 3.05) is 0 Å². The van der Waals surface area contributed by atoms with Crippen LogP contribution in [0.2, 0.25) is 0 Å². The fourth-order valence-electron chi connectivity index (χ4n) is 9.79. The summed E-state index contributed by atoms with van der Waals surface area (Å²) in [6.45, 7) is 0. The van der Waals surface area contributed by atoms with Crippen molar-refractivity contribution in [3.05, 3.63) is 227 Å². The van der Waals surface area contributed by atoms with E-state index in [0.29, 0.717) is 5.82 Å². The van der Waals surface area contributed by atoms with Crippen LogP contribution >= 0.6 is 11.8 Å². The number of fused-ring (bicyclic) bond motifs is 11.